The number of benzene rings is 1. The van der Waals surface area contributed by atoms with Crippen molar-refractivity contribution in [1.29, 1.82) is 0 Å². The van der Waals surface area contributed by atoms with E-state index in [4.69, 9.17) is 38.4 Å². The van der Waals surface area contributed by atoms with Crippen molar-refractivity contribution in [2.75, 3.05) is 32.3 Å². The zero-order valence-electron chi connectivity index (χ0n) is 16.6. The summed E-state index contributed by atoms with van der Waals surface area (Å²) in [4.78, 5) is 8.77. The Morgan fingerprint density at radius 3 is 2.11 bits per heavy atom. The Morgan fingerprint density at radius 2 is 1.61 bits per heavy atom. The van der Waals surface area contributed by atoms with Crippen LogP contribution in [0.3, 0.4) is 0 Å². The minimum absolute atomic E-state index is 0.352. The molecule has 0 bridgehead atoms. The van der Waals surface area contributed by atoms with Gasteiger partial charge in [0, 0.05) is 35.6 Å². The zero-order chi connectivity index (χ0) is 20.8. The summed E-state index contributed by atoms with van der Waals surface area (Å²) in [7, 11) is 4.83. The van der Waals surface area contributed by atoms with Crippen LogP contribution in [0.15, 0.2) is 24.4 Å². The number of nitrogens with two attached hydrogens (primary N) is 1. The van der Waals surface area contributed by atoms with E-state index in [0.717, 1.165) is 10.8 Å². The first-order valence-corrected chi connectivity index (χ1v) is 9.51. The highest BCUT2D eigenvalue weighted by Crippen LogP contribution is 2.46. The molecule has 3 aromatic rings. The van der Waals surface area contributed by atoms with Crippen molar-refractivity contribution < 1.29 is 9.47 Å². The average Bonchev–Trinajstić information content (AvgIpc) is 2.68. The first kappa shape index (κ1) is 21.9. The lowest BCUT2D eigenvalue weighted by atomic mass is 10.1. The van der Waals surface area contributed by atoms with Crippen LogP contribution in [0, 0.1) is 0 Å². The van der Waals surface area contributed by atoms with Gasteiger partial charge in [0.15, 0.2) is 0 Å². The molecule has 2 heterocycles. The van der Waals surface area contributed by atoms with Gasteiger partial charge in [-0.05, 0) is 12.1 Å². The molecule has 0 amide bonds. The maximum absolute atomic E-state index is 6.49. The molecule has 150 valence electrons. The Labute approximate surface area is 175 Å². The van der Waals surface area contributed by atoms with Crippen LogP contribution in [0.1, 0.15) is 20.3 Å². The molecule has 0 radical (unpaired) electrons. The van der Waals surface area contributed by atoms with Gasteiger partial charge < -0.3 is 20.5 Å². The lowest BCUT2D eigenvalue weighted by Gasteiger charge is -2.16. The predicted octanol–water partition coefficient (Wildman–Crippen LogP) is 5.66. The quantitative estimate of drug-likeness (QED) is 0.564. The van der Waals surface area contributed by atoms with Gasteiger partial charge in [-0.1, -0.05) is 43.5 Å². The van der Waals surface area contributed by atoms with Gasteiger partial charge in [-0.15, -0.1) is 0 Å². The van der Waals surface area contributed by atoms with Crippen LogP contribution >= 0.6 is 23.2 Å². The van der Waals surface area contributed by atoms with Crippen molar-refractivity contribution in [2.24, 2.45) is 0 Å². The second-order valence-electron chi connectivity index (χ2n) is 5.93. The highest BCUT2D eigenvalue weighted by Gasteiger charge is 2.21. The summed E-state index contributed by atoms with van der Waals surface area (Å²) in [5.74, 6) is 1.94. The number of hydrogen-bond donors (Lipinski definition) is 2. The lowest BCUT2D eigenvalue weighted by molar-refractivity contribution is 0.395. The van der Waals surface area contributed by atoms with Gasteiger partial charge in [0.05, 0.1) is 30.0 Å². The third-order valence-corrected chi connectivity index (χ3v) is 4.55. The highest BCUT2D eigenvalue weighted by atomic mass is 35.5. The van der Waals surface area contributed by atoms with E-state index in [0.29, 0.717) is 44.4 Å². The smallest absolute Gasteiger partial charge is 0.141 e. The number of rotatable bonds is 4. The number of hydrogen-bond acceptors (Lipinski definition) is 6. The SMILES string of the molecule is CCC.CNc1nc(-c2c(Cl)c(OC)cc(OC)c2Cl)cc2cnc(N)cc12. The van der Waals surface area contributed by atoms with Crippen molar-refractivity contribution in [1.82, 2.24) is 9.97 Å². The lowest BCUT2D eigenvalue weighted by Crippen LogP contribution is -1.99. The summed E-state index contributed by atoms with van der Waals surface area (Å²) in [6, 6.07) is 5.23. The van der Waals surface area contributed by atoms with E-state index in [1.54, 1.807) is 25.4 Å². The molecule has 6 nitrogen and oxygen atoms in total. The summed E-state index contributed by atoms with van der Waals surface area (Å²) in [6.07, 6.45) is 2.93. The van der Waals surface area contributed by atoms with E-state index in [2.05, 4.69) is 29.1 Å². The number of methoxy groups -OCH3 is 2. The number of fused-ring (bicyclic) bond motifs is 1. The largest absolute Gasteiger partial charge is 0.495 e. The zero-order valence-corrected chi connectivity index (χ0v) is 18.1. The van der Waals surface area contributed by atoms with E-state index in [1.165, 1.54) is 20.6 Å². The summed E-state index contributed by atoms with van der Waals surface area (Å²) in [5.41, 5.74) is 6.87. The van der Waals surface area contributed by atoms with Gasteiger partial charge in [-0.25, -0.2) is 9.97 Å². The topological polar surface area (TPSA) is 82.3 Å². The van der Waals surface area contributed by atoms with E-state index in [-0.39, 0.29) is 0 Å². The molecular weight excluding hydrogens is 399 g/mol. The standard InChI is InChI=1S/C17H16Cl2N4O2.C3H8/c1-21-17-9-5-13(20)22-7-8(9)4-10(23-17)14-15(18)11(24-2)6-12(25-3)16(14)19;1-3-2/h4-7H,1-3H3,(H2,20,22)(H,21,23);3H2,1-2H3. The van der Waals surface area contributed by atoms with Crippen LogP contribution < -0.4 is 20.5 Å². The molecule has 2 aromatic heterocycles. The van der Waals surface area contributed by atoms with E-state index >= 15 is 0 Å². The molecule has 0 aliphatic heterocycles. The monoisotopic (exact) mass is 422 g/mol. The minimum atomic E-state index is 0.352. The number of ether oxygens (including phenoxy) is 2. The van der Waals surface area contributed by atoms with E-state index < -0.39 is 0 Å². The number of anilines is 2. The molecule has 0 spiro atoms. The van der Waals surface area contributed by atoms with Crippen molar-refractivity contribution in [3.8, 4) is 22.8 Å². The summed E-state index contributed by atoms with van der Waals surface area (Å²) < 4.78 is 10.6. The van der Waals surface area contributed by atoms with Crippen molar-refractivity contribution in [3.05, 3.63) is 34.4 Å². The van der Waals surface area contributed by atoms with Crippen LogP contribution in [0.4, 0.5) is 11.6 Å². The highest BCUT2D eigenvalue weighted by molar-refractivity contribution is 6.41. The summed E-state index contributed by atoms with van der Waals surface area (Å²) >= 11 is 13.0. The molecule has 0 fully saturated rings. The van der Waals surface area contributed by atoms with Crippen LogP contribution in [0.5, 0.6) is 11.5 Å². The maximum atomic E-state index is 6.49. The first-order valence-electron chi connectivity index (χ1n) is 8.76. The average molecular weight is 423 g/mol. The third kappa shape index (κ3) is 4.34. The van der Waals surface area contributed by atoms with Crippen LogP contribution in [0.25, 0.3) is 22.0 Å². The Balaban J connectivity index is 0.000000878. The van der Waals surface area contributed by atoms with E-state index in [9.17, 15) is 0 Å². The fraction of sp³-hybridized carbons (Fsp3) is 0.300. The molecule has 3 rings (SSSR count). The van der Waals surface area contributed by atoms with Gasteiger partial charge in [-0.2, -0.15) is 0 Å². The molecule has 0 saturated heterocycles. The summed E-state index contributed by atoms with van der Waals surface area (Å²) in [5, 5.41) is 5.46. The molecule has 8 heteroatoms. The second kappa shape index (κ2) is 9.66. The molecule has 0 aliphatic carbocycles. The molecule has 1 aromatic carbocycles. The molecule has 28 heavy (non-hydrogen) atoms. The normalized spacial score (nSPS) is 10.2. The summed E-state index contributed by atoms with van der Waals surface area (Å²) in [6.45, 7) is 4.25. The second-order valence-corrected chi connectivity index (χ2v) is 6.68. The molecule has 3 N–H and O–H groups in total. The van der Waals surface area contributed by atoms with Crippen LogP contribution in [0.2, 0.25) is 10.0 Å². The van der Waals surface area contributed by atoms with Gasteiger partial charge in [0.1, 0.15) is 23.1 Å². The minimum Gasteiger partial charge on any atom is -0.495 e. The van der Waals surface area contributed by atoms with Crippen molar-refractivity contribution in [2.45, 2.75) is 20.3 Å². The van der Waals surface area contributed by atoms with E-state index in [1.807, 2.05) is 6.07 Å². The number of pyridine rings is 2. The van der Waals surface area contributed by atoms with Gasteiger partial charge in [-0.3, -0.25) is 0 Å². The van der Waals surface area contributed by atoms with Gasteiger partial charge in [0.2, 0.25) is 0 Å². The molecule has 0 saturated carbocycles. The Bertz CT molecular complexity index is 952. The fourth-order valence-corrected chi connectivity index (χ4v) is 3.29. The number of halogens is 2. The molecular formula is C20H24Cl2N4O2. The number of nitrogens with one attached hydrogen (secondary N) is 1. The number of nitrogen functional groups attached to an aromatic ring is 1. The molecule has 0 unspecified atom stereocenters. The van der Waals surface area contributed by atoms with Gasteiger partial charge in [0.25, 0.3) is 0 Å². The maximum Gasteiger partial charge on any atom is 0.141 e. The van der Waals surface area contributed by atoms with Crippen LogP contribution in [-0.2, 0) is 0 Å². The molecule has 0 atom stereocenters. The first-order chi connectivity index (χ1) is 13.4. The Hall–Kier alpha value is -2.44. The van der Waals surface area contributed by atoms with Crippen LogP contribution in [-0.4, -0.2) is 31.2 Å². The Morgan fingerprint density at radius 1 is 1.04 bits per heavy atom. The predicted molar refractivity (Wildman–Crippen MR) is 118 cm³/mol. The number of nitrogens with zero attached hydrogens (tertiary/aromatic N) is 2. The Kier molecular flexibility index (Phi) is 7.54. The van der Waals surface area contributed by atoms with Crippen molar-refractivity contribution >= 4 is 45.6 Å². The molecule has 0 aliphatic rings. The fourth-order valence-electron chi connectivity index (χ4n) is 2.59. The number of aromatic nitrogens is 2. The third-order valence-electron chi connectivity index (χ3n) is 3.80. The van der Waals surface area contributed by atoms with Gasteiger partial charge >= 0.3 is 0 Å². The van der Waals surface area contributed by atoms with Crippen molar-refractivity contribution in [3.63, 3.8) is 0 Å².